The Balaban J connectivity index is 1.11. The first kappa shape index (κ1) is 27.8. The lowest BCUT2D eigenvalue weighted by Gasteiger charge is -2.39. The van der Waals surface area contributed by atoms with Crippen molar-refractivity contribution in [2.75, 3.05) is 10.6 Å². The molecule has 42 heavy (non-hydrogen) atoms. The minimum atomic E-state index is -0.315. The van der Waals surface area contributed by atoms with Gasteiger partial charge in [-0.1, -0.05) is 50.6 Å². The third-order valence-electron chi connectivity index (χ3n) is 8.50. The molecule has 2 aliphatic heterocycles. The van der Waals surface area contributed by atoms with Crippen LogP contribution < -0.4 is 10.6 Å². The summed E-state index contributed by atoms with van der Waals surface area (Å²) in [5.41, 5.74) is 5.28. The van der Waals surface area contributed by atoms with Crippen molar-refractivity contribution >= 4 is 23.4 Å². The Hall–Kier alpha value is -4.40. The predicted molar refractivity (Wildman–Crippen MR) is 164 cm³/mol. The van der Waals surface area contributed by atoms with Gasteiger partial charge in [-0.05, 0) is 74.8 Å². The number of hydrogen-bond donors (Lipinski definition) is 3. The van der Waals surface area contributed by atoms with E-state index in [9.17, 15) is 9.59 Å². The molecule has 2 bridgehead atoms. The predicted octanol–water partition coefficient (Wildman–Crippen LogP) is 6.47. The van der Waals surface area contributed by atoms with Crippen LogP contribution in [-0.4, -0.2) is 48.7 Å². The monoisotopic (exact) mass is 565 g/mol. The van der Waals surface area contributed by atoms with Crippen molar-refractivity contribution in [2.24, 2.45) is 5.92 Å². The molecule has 9 heteroatoms. The lowest BCUT2D eigenvalue weighted by atomic mass is 9.85. The van der Waals surface area contributed by atoms with Crippen molar-refractivity contribution < 1.29 is 9.59 Å². The van der Waals surface area contributed by atoms with E-state index in [1.54, 1.807) is 17.2 Å². The zero-order valence-corrected chi connectivity index (χ0v) is 24.7. The molecule has 0 aliphatic carbocycles. The first-order valence-electron chi connectivity index (χ1n) is 14.8. The van der Waals surface area contributed by atoms with Gasteiger partial charge in [-0.2, -0.15) is 5.10 Å². The number of imidazole rings is 1. The molecule has 4 heterocycles. The normalized spacial score (nSPS) is 20.0. The lowest BCUT2D eigenvalue weighted by Crippen LogP contribution is -2.47. The average Bonchev–Trinajstić information content (AvgIpc) is 3.68. The molecule has 2 aromatic heterocycles. The number of nitrogens with one attached hydrogen (secondary N) is 3. The van der Waals surface area contributed by atoms with Crippen molar-refractivity contribution in [1.82, 2.24) is 24.6 Å². The van der Waals surface area contributed by atoms with E-state index in [0.717, 1.165) is 54.7 Å². The van der Waals surface area contributed by atoms with Crippen LogP contribution in [-0.2, 0) is 11.8 Å². The lowest BCUT2D eigenvalue weighted by molar-refractivity contribution is 0.0519. The second-order valence-corrected chi connectivity index (χ2v) is 12.8. The first-order chi connectivity index (χ1) is 20.1. The molecule has 3 N–H and O–H groups in total. The average molecular weight is 566 g/mol. The fourth-order valence-corrected chi connectivity index (χ4v) is 6.41. The van der Waals surface area contributed by atoms with E-state index >= 15 is 0 Å². The molecule has 0 radical (unpaired) electrons. The van der Waals surface area contributed by atoms with Crippen molar-refractivity contribution in [2.45, 2.75) is 77.3 Å². The third-order valence-corrected chi connectivity index (χ3v) is 8.50. The molecule has 9 nitrogen and oxygen atoms in total. The van der Waals surface area contributed by atoms with Gasteiger partial charge in [0.25, 0.3) is 5.91 Å². The summed E-state index contributed by atoms with van der Waals surface area (Å²) < 4.78 is 1.79. The Kier molecular flexibility index (Phi) is 7.35. The number of aromatic amines is 1. The summed E-state index contributed by atoms with van der Waals surface area (Å²) in [6.07, 6.45) is 8.19. The van der Waals surface area contributed by atoms with Crippen LogP contribution in [0.4, 0.5) is 16.3 Å². The zero-order valence-electron chi connectivity index (χ0n) is 24.7. The van der Waals surface area contributed by atoms with Crippen LogP contribution in [0.15, 0.2) is 67.1 Å². The number of aryl methyl sites for hydroxylation is 1. The van der Waals surface area contributed by atoms with Crippen molar-refractivity contribution in [3.63, 3.8) is 0 Å². The molecule has 2 fully saturated rings. The van der Waals surface area contributed by atoms with E-state index in [1.165, 1.54) is 5.56 Å². The molecule has 0 spiro atoms. The van der Waals surface area contributed by atoms with Crippen LogP contribution in [0, 0.1) is 12.8 Å². The summed E-state index contributed by atoms with van der Waals surface area (Å²) in [6, 6.07) is 18.3. The topological polar surface area (TPSA) is 108 Å². The van der Waals surface area contributed by atoms with Gasteiger partial charge in [-0.25, -0.2) is 14.5 Å². The molecule has 4 aromatic rings. The number of piperidine rings is 1. The smallest absolute Gasteiger partial charge is 0.324 e. The molecule has 218 valence electrons. The highest BCUT2D eigenvalue weighted by atomic mass is 16.2. The molecule has 2 saturated heterocycles. The van der Waals surface area contributed by atoms with Gasteiger partial charge in [0.1, 0.15) is 11.5 Å². The minimum Gasteiger partial charge on any atom is -0.341 e. The fourth-order valence-electron chi connectivity index (χ4n) is 6.41. The van der Waals surface area contributed by atoms with E-state index in [1.807, 2.05) is 49.4 Å². The highest BCUT2D eigenvalue weighted by Crippen LogP contribution is 2.40. The minimum absolute atomic E-state index is 0.0639. The number of H-pyrrole nitrogens is 1. The molecule has 0 saturated carbocycles. The number of carbonyl (C=O) groups is 2. The second-order valence-electron chi connectivity index (χ2n) is 12.8. The van der Waals surface area contributed by atoms with Gasteiger partial charge in [-0.3, -0.25) is 10.1 Å². The van der Waals surface area contributed by atoms with Gasteiger partial charge in [-0.15, -0.1) is 0 Å². The van der Waals surface area contributed by atoms with Gasteiger partial charge in [0, 0.05) is 29.3 Å². The van der Waals surface area contributed by atoms with Crippen LogP contribution >= 0.6 is 0 Å². The number of amides is 3. The number of nitrogens with zero attached hydrogens (tertiary/aromatic N) is 4. The molecule has 2 atom stereocenters. The van der Waals surface area contributed by atoms with Gasteiger partial charge in [0.2, 0.25) is 0 Å². The molecule has 2 aliphatic rings. The first-order valence-corrected chi connectivity index (χ1v) is 14.8. The number of benzene rings is 2. The van der Waals surface area contributed by atoms with Crippen LogP contribution in [0.2, 0.25) is 0 Å². The number of carbonyl (C=O) groups excluding carboxylic acids is 2. The maximum atomic E-state index is 13.2. The van der Waals surface area contributed by atoms with Crippen LogP contribution in [0.25, 0.3) is 5.69 Å². The Morgan fingerprint density at radius 1 is 1.00 bits per heavy atom. The van der Waals surface area contributed by atoms with Gasteiger partial charge in [0.05, 0.1) is 23.9 Å². The summed E-state index contributed by atoms with van der Waals surface area (Å²) in [4.78, 5) is 35.3. The van der Waals surface area contributed by atoms with Gasteiger partial charge < -0.3 is 15.2 Å². The van der Waals surface area contributed by atoms with E-state index in [-0.39, 0.29) is 29.4 Å². The number of fused-ring (bicyclic) bond motifs is 2. The summed E-state index contributed by atoms with van der Waals surface area (Å²) in [5, 5.41) is 10.8. The van der Waals surface area contributed by atoms with E-state index < -0.39 is 0 Å². The van der Waals surface area contributed by atoms with Crippen LogP contribution in [0.5, 0.6) is 0 Å². The van der Waals surface area contributed by atoms with Crippen molar-refractivity contribution in [3.8, 4) is 5.69 Å². The summed E-state index contributed by atoms with van der Waals surface area (Å²) in [7, 11) is 0. The maximum Gasteiger partial charge on any atom is 0.324 e. The number of rotatable bonds is 6. The van der Waals surface area contributed by atoms with Gasteiger partial charge in [0.15, 0.2) is 0 Å². The van der Waals surface area contributed by atoms with Crippen molar-refractivity contribution in [1.29, 1.82) is 0 Å². The number of anilines is 2. The van der Waals surface area contributed by atoms with E-state index in [2.05, 4.69) is 58.4 Å². The Bertz CT molecular complexity index is 1550. The largest absolute Gasteiger partial charge is 0.341 e. The summed E-state index contributed by atoms with van der Waals surface area (Å²) in [5.74, 6) is 1.18. The standard InChI is InChI=1S/C33H39N7O2/c1-21-8-10-25(11-9-21)40-30(18-29(38-40)33(2,3)4)37-32(42)36-24-7-5-6-22(15-24)14-23-16-26-12-13-27(17-23)39(26)31(41)28-19-34-20-35-28/h5-11,15,18-20,23,26-27H,12-14,16-17H2,1-4H3,(H,34,35)(H2,36,37,42). The van der Waals surface area contributed by atoms with E-state index in [0.29, 0.717) is 17.4 Å². The SMILES string of the molecule is Cc1ccc(-n2nc(C(C)(C)C)cc2NC(=O)Nc2cccc(CC3CC4CCC(C3)N4C(=O)c3cnc[nH]3)c2)cc1. The molecule has 3 amide bonds. The Morgan fingerprint density at radius 3 is 2.40 bits per heavy atom. The third kappa shape index (κ3) is 5.82. The number of aromatic nitrogens is 4. The molecule has 2 unspecified atom stereocenters. The van der Waals surface area contributed by atoms with Crippen LogP contribution in [0.1, 0.15) is 73.8 Å². The number of hydrogen-bond acceptors (Lipinski definition) is 4. The highest BCUT2D eigenvalue weighted by molar-refractivity contribution is 5.99. The summed E-state index contributed by atoms with van der Waals surface area (Å²) in [6.45, 7) is 8.37. The van der Waals surface area contributed by atoms with E-state index in [4.69, 9.17) is 5.10 Å². The Labute approximate surface area is 246 Å². The van der Waals surface area contributed by atoms with Crippen molar-refractivity contribution in [3.05, 3.63) is 89.6 Å². The maximum absolute atomic E-state index is 13.2. The molecular formula is C33H39N7O2. The highest BCUT2D eigenvalue weighted by Gasteiger charge is 2.43. The zero-order chi connectivity index (χ0) is 29.4. The summed E-state index contributed by atoms with van der Waals surface area (Å²) >= 11 is 0. The van der Waals surface area contributed by atoms with Crippen LogP contribution in [0.3, 0.4) is 0 Å². The van der Waals surface area contributed by atoms with Gasteiger partial charge >= 0.3 is 6.03 Å². The quantitative estimate of drug-likeness (QED) is 0.249. The molecular weight excluding hydrogens is 526 g/mol. The fraction of sp³-hybridized carbons (Fsp3) is 0.394. The number of urea groups is 1. The second kappa shape index (κ2) is 11.1. The molecule has 2 aromatic carbocycles. The Morgan fingerprint density at radius 2 is 1.74 bits per heavy atom. The molecule has 6 rings (SSSR count).